The highest BCUT2D eigenvalue weighted by Crippen LogP contribution is 2.15. The van der Waals surface area contributed by atoms with Crippen LogP contribution < -0.4 is 4.90 Å². The zero-order chi connectivity index (χ0) is 13.9. The Labute approximate surface area is 112 Å². The number of aliphatic hydroxyl groups is 1. The minimum absolute atomic E-state index is 0.111. The molecule has 19 heavy (non-hydrogen) atoms. The van der Waals surface area contributed by atoms with Crippen LogP contribution in [0.1, 0.15) is 0 Å². The van der Waals surface area contributed by atoms with E-state index < -0.39 is 15.8 Å². The normalized spacial score (nSPS) is 18.6. The summed E-state index contributed by atoms with van der Waals surface area (Å²) >= 11 is 0. The second kappa shape index (κ2) is 5.96. The second-order valence-electron chi connectivity index (χ2n) is 4.58. The number of rotatable bonds is 4. The Morgan fingerprint density at radius 1 is 1.21 bits per heavy atom. The number of piperazine rings is 1. The molecule has 1 saturated heterocycles. The van der Waals surface area contributed by atoms with Gasteiger partial charge in [0, 0.05) is 0 Å². The Bertz CT molecular complexity index is 510. The van der Waals surface area contributed by atoms with Crippen molar-refractivity contribution in [3.8, 4) is 0 Å². The van der Waals surface area contributed by atoms with Crippen LogP contribution in [0.5, 0.6) is 0 Å². The number of sulfonamides is 1. The van der Waals surface area contributed by atoms with Gasteiger partial charge < -0.3 is 10.0 Å². The molecule has 0 atom stereocenters. The Kier molecular flexibility index (Phi) is 4.51. The van der Waals surface area contributed by atoms with E-state index in [9.17, 15) is 12.8 Å². The van der Waals surface area contributed by atoms with E-state index in [4.69, 9.17) is 5.11 Å². The van der Waals surface area contributed by atoms with Crippen molar-refractivity contribution in [2.75, 3.05) is 39.3 Å². The molecule has 0 saturated carbocycles. The van der Waals surface area contributed by atoms with Gasteiger partial charge in [0.05, 0.1) is 37.7 Å². The molecule has 2 N–H and O–H groups in total. The molecule has 0 bridgehead atoms. The third kappa shape index (κ3) is 3.30. The number of quaternary nitrogens is 1. The highest BCUT2D eigenvalue weighted by Gasteiger charge is 2.29. The first-order valence-corrected chi connectivity index (χ1v) is 7.68. The van der Waals surface area contributed by atoms with Gasteiger partial charge in [0.25, 0.3) is 0 Å². The van der Waals surface area contributed by atoms with Crippen molar-refractivity contribution in [3.63, 3.8) is 0 Å². The molecule has 1 fully saturated rings. The standard InChI is InChI=1S/C12H17FN2O3S/c13-11-1-3-12(4-2-11)19(17,18)15-7-5-14(6-8-15)9-10-16/h1-4,16H,5-10H2/p+1. The SMILES string of the molecule is O=S(=O)(c1ccc(F)cc1)N1CC[NH+](CCO)CC1. The summed E-state index contributed by atoms with van der Waals surface area (Å²) in [4.78, 5) is 1.33. The molecule has 0 unspecified atom stereocenters. The summed E-state index contributed by atoms with van der Waals surface area (Å²) in [5, 5.41) is 8.86. The summed E-state index contributed by atoms with van der Waals surface area (Å²) in [5.41, 5.74) is 0. The number of nitrogens with one attached hydrogen (secondary N) is 1. The number of benzene rings is 1. The fraction of sp³-hybridized carbons (Fsp3) is 0.500. The molecule has 5 nitrogen and oxygen atoms in total. The summed E-state index contributed by atoms with van der Waals surface area (Å²) in [5.74, 6) is -0.448. The maximum atomic E-state index is 12.8. The van der Waals surface area contributed by atoms with Crippen LogP contribution in [-0.2, 0) is 10.0 Å². The first-order valence-electron chi connectivity index (χ1n) is 6.24. The Morgan fingerprint density at radius 3 is 2.32 bits per heavy atom. The lowest BCUT2D eigenvalue weighted by Gasteiger charge is -2.31. The van der Waals surface area contributed by atoms with Gasteiger partial charge in [-0.3, -0.25) is 0 Å². The first-order chi connectivity index (χ1) is 9.04. The number of nitrogens with zero attached hydrogens (tertiary/aromatic N) is 1. The molecular weight excluding hydrogens is 271 g/mol. The molecule has 1 aromatic rings. The number of hydrogen-bond acceptors (Lipinski definition) is 3. The topological polar surface area (TPSA) is 62.0 Å². The minimum Gasteiger partial charge on any atom is -0.391 e. The van der Waals surface area contributed by atoms with Crippen molar-refractivity contribution >= 4 is 10.0 Å². The van der Waals surface area contributed by atoms with Crippen molar-refractivity contribution in [2.45, 2.75) is 4.90 Å². The van der Waals surface area contributed by atoms with E-state index in [2.05, 4.69) is 0 Å². The van der Waals surface area contributed by atoms with Gasteiger partial charge in [-0.1, -0.05) is 0 Å². The van der Waals surface area contributed by atoms with Crippen molar-refractivity contribution in [1.82, 2.24) is 4.31 Å². The summed E-state index contributed by atoms with van der Waals surface area (Å²) in [6.07, 6.45) is 0. The van der Waals surface area contributed by atoms with Crippen LogP contribution in [0.15, 0.2) is 29.2 Å². The Balaban J connectivity index is 2.07. The number of hydrogen-bond donors (Lipinski definition) is 2. The molecule has 1 aromatic carbocycles. The molecule has 106 valence electrons. The van der Waals surface area contributed by atoms with E-state index >= 15 is 0 Å². The molecule has 1 aliphatic rings. The van der Waals surface area contributed by atoms with E-state index in [0.29, 0.717) is 32.7 Å². The largest absolute Gasteiger partial charge is 0.391 e. The van der Waals surface area contributed by atoms with Gasteiger partial charge >= 0.3 is 0 Å². The molecule has 0 spiro atoms. The number of halogens is 1. The maximum Gasteiger partial charge on any atom is 0.243 e. The van der Waals surface area contributed by atoms with E-state index in [1.807, 2.05) is 0 Å². The molecule has 2 rings (SSSR count). The minimum atomic E-state index is -3.53. The van der Waals surface area contributed by atoms with Crippen LogP contribution in [0.25, 0.3) is 0 Å². The van der Waals surface area contributed by atoms with Gasteiger partial charge in [-0.2, -0.15) is 4.31 Å². The Hall–Kier alpha value is -1.02. The fourth-order valence-electron chi connectivity index (χ4n) is 2.21. The summed E-state index contributed by atoms with van der Waals surface area (Å²) in [6, 6.07) is 4.88. The molecular formula is C12H18FN2O3S+. The third-order valence-corrected chi connectivity index (χ3v) is 5.26. The van der Waals surface area contributed by atoms with Gasteiger partial charge in [-0.05, 0) is 24.3 Å². The molecule has 0 aromatic heterocycles. The monoisotopic (exact) mass is 289 g/mol. The quantitative estimate of drug-likeness (QED) is 0.725. The maximum absolute atomic E-state index is 12.8. The Morgan fingerprint density at radius 2 is 1.79 bits per heavy atom. The van der Waals surface area contributed by atoms with Crippen LogP contribution in [0.2, 0.25) is 0 Å². The van der Waals surface area contributed by atoms with E-state index in [0.717, 1.165) is 12.1 Å². The van der Waals surface area contributed by atoms with Crippen molar-refractivity contribution in [2.24, 2.45) is 0 Å². The van der Waals surface area contributed by atoms with E-state index in [1.165, 1.54) is 21.3 Å². The smallest absolute Gasteiger partial charge is 0.243 e. The zero-order valence-electron chi connectivity index (χ0n) is 10.5. The predicted octanol–water partition coefficient (Wildman–Crippen LogP) is -1.29. The average Bonchev–Trinajstić information content (AvgIpc) is 2.40. The van der Waals surface area contributed by atoms with E-state index in [-0.39, 0.29) is 11.5 Å². The van der Waals surface area contributed by atoms with Gasteiger partial charge in [-0.15, -0.1) is 0 Å². The van der Waals surface area contributed by atoms with Crippen LogP contribution in [0.3, 0.4) is 0 Å². The van der Waals surface area contributed by atoms with Crippen LogP contribution in [0, 0.1) is 5.82 Å². The first kappa shape index (κ1) is 14.4. The van der Waals surface area contributed by atoms with Crippen LogP contribution >= 0.6 is 0 Å². The van der Waals surface area contributed by atoms with Crippen molar-refractivity contribution in [3.05, 3.63) is 30.1 Å². The van der Waals surface area contributed by atoms with Gasteiger partial charge in [-0.25, -0.2) is 12.8 Å². The highest BCUT2D eigenvalue weighted by atomic mass is 32.2. The molecule has 7 heteroatoms. The fourth-order valence-corrected chi connectivity index (χ4v) is 3.65. The third-order valence-electron chi connectivity index (χ3n) is 3.35. The zero-order valence-corrected chi connectivity index (χ0v) is 11.4. The molecule has 1 aliphatic heterocycles. The lowest BCUT2D eigenvalue weighted by Crippen LogP contribution is -3.15. The van der Waals surface area contributed by atoms with Gasteiger partial charge in [0.1, 0.15) is 12.4 Å². The summed E-state index contributed by atoms with van der Waals surface area (Å²) in [6.45, 7) is 2.97. The molecule has 0 amide bonds. The predicted molar refractivity (Wildman–Crippen MR) is 67.8 cm³/mol. The lowest BCUT2D eigenvalue weighted by molar-refractivity contribution is -0.904. The van der Waals surface area contributed by atoms with Crippen LogP contribution in [-0.4, -0.2) is 57.2 Å². The number of aliphatic hydroxyl groups excluding tert-OH is 1. The van der Waals surface area contributed by atoms with Gasteiger partial charge in [0.2, 0.25) is 10.0 Å². The van der Waals surface area contributed by atoms with Gasteiger partial charge in [0.15, 0.2) is 0 Å². The molecule has 0 aliphatic carbocycles. The lowest BCUT2D eigenvalue weighted by atomic mass is 10.3. The van der Waals surface area contributed by atoms with E-state index in [1.54, 1.807) is 0 Å². The average molecular weight is 289 g/mol. The molecule has 1 heterocycles. The second-order valence-corrected chi connectivity index (χ2v) is 6.52. The van der Waals surface area contributed by atoms with Crippen LogP contribution in [0.4, 0.5) is 4.39 Å². The van der Waals surface area contributed by atoms with Crippen molar-refractivity contribution in [1.29, 1.82) is 0 Å². The summed E-state index contributed by atoms with van der Waals surface area (Å²) in [7, 11) is -3.53. The highest BCUT2D eigenvalue weighted by molar-refractivity contribution is 7.89. The van der Waals surface area contributed by atoms with Crippen molar-refractivity contribution < 1.29 is 22.8 Å². The molecule has 0 radical (unpaired) electrons. The summed E-state index contributed by atoms with van der Waals surface area (Å²) < 4.78 is 38.9.